The number of halogens is 1. The second-order valence-electron chi connectivity index (χ2n) is 4.13. The maximum atomic E-state index is 12.1. The van der Waals surface area contributed by atoms with Crippen molar-refractivity contribution in [3.05, 3.63) is 22.9 Å². The van der Waals surface area contributed by atoms with Crippen molar-refractivity contribution >= 4 is 23.4 Å². The van der Waals surface area contributed by atoms with Crippen LogP contribution in [0.1, 0.15) is 17.3 Å². The van der Waals surface area contributed by atoms with E-state index in [0.29, 0.717) is 12.3 Å². The first kappa shape index (κ1) is 14.4. The standard InChI is InChI=1S/C12H14ClN3O4/c1-6(18-2)5-15-12(17)9-10(16-20-11(9)14)7-3-4-8(13)19-7/h3-4,6H,5,14H2,1-2H3,(H,15,17). The molecule has 0 saturated heterocycles. The molecule has 2 heterocycles. The van der Waals surface area contributed by atoms with Gasteiger partial charge in [-0.05, 0) is 30.7 Å². The van der Waals surface area contributed by atoms with Crippen molar-refractivity contribution in [2.24, 2.45) is 0 Å². The molecule has 0 bridgehead atoms. The summed E-state index contributed by atoms with van der Waals surface area (Å²) in [5.41, 5.74) is 5.95. The van der Waals surface area contributed by atoms with Crippen molar-refractivity contribution < 1.29 is 18.5 Å². The predicted octanol–water partition coefficient (Wildman–Crippen LogP) is 1.93. The van der Waals surface area contributed by atoms with Crippen molar-refractivity contribution in [2.45, 2.75) is 13.0 Å². The van der Waals surface area contributed by atoms with Gasteiger partial charge in [-0.25, -0.2) is 0 Å². The minimum Gasteiger partial charge on any atom is -0.443 e. The van der Waals surface area contributed by atoms with Gasteiger partial charge >= 0.3 is 0 Å². The summed E-state index contributed by atoms with van der Waals surface area (Å²) in [4.78, 5) is 12.1. The normalized spacial score (nSPS) is 12.3. The molecule has 7 nitrogen and oxygen atoms in total. The number of hydrogen-bond acceptors (Lipinski definition) is 6. The fourth-order valence-corrected chi connectivity index (χ4v) is 1.69. The number of nitrogens with one attached hydrogen (secondary N) is 1. The maximum absolute atomic E-state index is 12.1. The van der Waals surface area contributed by atoms with E-state index < -0.39 is 5.91 Å². The first-order valence-corrected chi connectivity index (χ1v) is 6.22. The van der Waals surface area contributed by atoms with Crippen molar-refractivity contribution in [3.8, 4) is 11.5 Å². The summed E-state index contributed by atoms with van der Waals surface area (Å²) in [6.45, 7) is 2.16. The van der Waals surface area contributed by atoms with E-state index in [0.717, 1.165) is 0 Å². The van der Waals surface area contributed by atoms with Gasteiger partial charge in [-0.3, -0.25) is 4.79 Å². The summed E-state index contributed by atoms with van der Waals surface area (Å²) in [6, 6.07) is 3.12. The van der Waals surface area contributed by atoms with Crippen LogP contribution in [0, 0.1) is 0 Å². The van der Waals surface area contributed by atoms with Crippen LogP contribution >= 0.6 is 11.6 Å². The number of aromatic nitrogens is 1. The number of nitrogens with zero attached hydrogens (tertiary/aromatic N) is 1. The highest BCUT2D eigenvalue weighted by Gasteiger charge is 2.24. The third-order valence-electron chi connectivity index (χ3n) is 2.70. The molecule has 0 aromatic carbocycles. The molecule has 0 aliphatic heterocycles. The molecule has 2 rings (SSSR count). The highest BCUT2D eigenvalue weighted by molar-refractivity contribution is 6.29. The van der Waals surface area contributed by atoms with Crippen LogP contribution in [0.2, 0.25) is 5.22 Å². The average Bonchev–Trinajstić information content (AvgIpc) is 3.01. The number of carbonyl (C=O) groups excluding carboxylic acids is 1. The number of nitrogen functional groups attached to an aromatic ring is 1. The summed E-state index contributed by atoms with van der Waals surface area (Å²) in [5.74, 6) is -0.203. The smallest absolute Gasteiger partial charge is 0.259 e. The van der Waals surface area contributed by atoms with Gasteiger partial charge in [0.2, 0.25) is 5.88 Å². The SMILES string of the molecule is COC(C)CNC(=O)c1c(-c2ccc(Cl)o2)noc1N. The van der Waals surface area contributed by atoms with E-state index in [2.05, 4.69) is 10.5 Å². The van der Waals surface area contributed by atoms with Crippen molar-refractivity contribution in [2.75, 3.05) is 19.4 Å². The van der Waals surface area contributed by atoms with Gasteiger partial charge in [-0.1, -0.05) is 5.16 Å². The number of anilines is 1. The van der Waals surface area contributed by atoms with E-state index in [1.807, 2.05) is 6.92 Å². The summed E-state index contributed by atoms with van der Waals surface area (Å²) in [5, 5.41) is 6.58. The van der Waals surface area contributed by atoms with Crippen LogP contribution in [-0.4, -0.2) is 30.8 Å². The first-order chi connectivity index (χ1) is 9.52. The van der Waals surface area contributed by atoms with Crippen LogP contribution in [0.5, 0.6) is 0 Å². The second-order valence-corrected chi connectivity index (χ2v) is 4.50. The number of furan rings is 1. The van der Waals surface area contributed by atoms with E-state index >= 15 is 0 Å². The van der Waals surface area contributed by atoms with E-state index in [4.69, 9.17) is 31.0 Å². The van der Waals surface area contributed by atoms with Crippen molar-refractivity contribution in [3.63, 3.8) is 0 Å². The minimum absolute atomic E-state index is 0.0879. The van der Waals surface area contributed by atoms with E-state index in [1.165, 1.54) is 6.07 Å². The fourth-order valence-electron chi connectivity index (χ4n) is 1.54. The molecule has 1 atom stereocenters. The fraction of sp³-hybridized carbons (Fsp3) is 0.333. The number of ether oxygens (including phenoxy) is 1. The molecule has 2 aromatic heterocycles. The van der Waals surface area contributed by atoms with Crippen molar-refractivity contribution in [1.82, 2.24) is 10.5 Å². The molecule has 0 aliphatic rings. The molecule has 0 radical (unpaired) electrons. The quantitative estimate of drug-likeness (QED) is 0.874. The maximum Gasteiger partial charge on any atom is 0.259 e. The Morgan fingerprint density at radius 2 is 2.35 bits per heavy atom. The summed E-state index contributed by atoms with van der Waals surface area (Å²) in [6.07, 6.45) is -0.124. The lowest BCUT2D eigenvalue weighted by Crippen LogP contribution is -2.32. The monoisotopic (exact) mass is 299 g/mol. The average molecular weight is 300 g/mol. The van der Waals surface area contributed by atoms with Gasteiger partial charge in [0, 0.05) is 13.7 Å². The number of methoxy groups -OCH3 is 1. The summed E-state index contributed by atoms with van der Waals surface area (Å²) < 4.78 is 15.1. The topological polar surface area (TPSA) is 104 Å². The lowest BCUT2D eigenvalue weighted by Gasteiger charge is -2.10. The van der Waals surface area contributed by atoms with E-state index in [1.54, 1.807) is 13.2 Å². The summed E-state index contributed by atoms with van der Waals surface area (Å²) >= 11 is 5.70. The third kappa shape index (κ3) is 2.94. The van der Waals surface area contributed by atoms with Crippen LogP contribution in [0.3, 0.4) is 0 Å². The highest BCUT2D eigenvalue weighted by atomic mass is 35.5. The Hall–Kier alpha value is -1.99. The molecular weight excluding hydrogens is 286 g/mol. The molecule has 0 spiro atoms. The zero-order chi connectivity index (χ0) is 14.7. The third-order valence-corrected chi connectivity index (χ3v) is 2.91. The lowest BCUT2D eigenvalue weighted by atomic mass is 10.2. The molecule has 2 aromatic rings. The molecule has 1 amide bonds. The Morgan fingerprint density at radius 3 is 2.95 bits per heavy atom. The van der Waals surface area contributed by atoms with E-state index in [-0.39, 0.29) is 28.5 Å². The van der Waals surface area contributed by atoms with Crippen LogP contribution < -0.4 is 11.1 Å². The molecule has 3 N–H and O–H groups in total. The number of carbonyl (C=O) groups is 1. The molecule has 20 heavy (non-hydrogen) atoms. The number of rotatable bonds is 5. The van der Waals surface area contributed by atoms with Gasteiger partial charge in [-0.15, -0.1) is 0 Å². The van der Waals surface area contributed by atoms with Gasteiger partial charge in [0.05, 0.1) is 6.10 Å². The van der Waals surface area contributed by atoms with Crippen LogP contribution in [0.25, 0.3) is 11.5 Å². The van der Waals surface area contributed by atoms with Gasteiger partial charge in [0.1, 0.15) is 5.56 Å². The number of amides is 1. The Bertz CT molecular complexity index is 608. The largest absolute Gasteiger partial charge is 0.443 e. The van der Waals surface area contributed by atoms with Crippen LogP contribution in [0.15, 0.2) is 21.1 Å². The molecular formula is C12H14ClN3O4. The second kappa shape index (κ2) is 5.98. The molecule has 8 heteroatoms. The molecule has 0 saturated carbocycles. The molecule has 108 valence electrons. The van der Waals surface area contributed by atoms with Crippen LogP contribution in [-0.2, 0) is 4.74 Å². The lowest BCUT2D eigenvalue weighted by molar-refractivity contribution is 0.0871. The predicted molar refractivity (Wildman–Crippen MR) is 72.4 cm³/mol. The van der Waals surface area contributed by atoms with Gasteiger partial charge in [0.25, 0.3) is 5.91 Å². The summed E-state index contributed by atoms with van der Waals surface area (Å²) in [7, 11) is 1.56. The molecule has 0 fully saturated rings. The highest BCUT2D eigenvalue weighted by Crippen LogP contribution is 2.29. The zero-order valence-electron chi connectivity index (χ0n) is 11.0. The Labute approximate surface area is 120 Å². The van der Waals surface area contributed by atoms with Crippen LogP contribution in [0.4, 0.5) is 5.88 Å². The first-order valence-electron chi connectivity index (χ1n) is 5.84. The molecule has 1 unspecified atom stereocenters. The Balaban J connectivity index is 2.23. The van der Waals surface area contributed by atoms with E-state index in [9.17, 15) is 4.79 Å². The van der Waals surface area contributed by atoms with Gasteiger partial charge in [-0.2, -0.15) is 0 Å². The van der Waals surface area contributed by atoms with Gasteiger partial charge in [0.15, 0.2) is 16.7 Å². The minimum atomic E-state index is -0.421. The molecule has 0 aliphatic carbocycles. The zero-order valence-corrected chi connectivity index (χ0v) is 11.7. The Kier molecular flexibility index (Phi) is 4.31. The number of nitrogens with two attached hydrogens (primary N) is 1. The Morgan fingerprint density at radius 1 is 1.60 bits per heavy atom. The van der Waals surface area contributed by atoms with Crippen molar-refractivity contribution in [1.29, 1.82) is 0 Å². The number of hydrogen-bond donors (Lipinski definition) is 2. The van der Waals surface area contributed by atoms with Gasteiger partial charge < -0.3 is 24.7 Å².